The Labute approximate surface area is 172 Å². The van der Waals surface area contributed by atoms with E-state index in [9.17, 15) is 0 Å². The number of piperidine rings is 1. The van der Waals surface area contributed by atoms with Gasteiger partial charge in [-0.2, -0.15) is 0 Å². The fourth-order valence-electron chi connectivity index (χ4n) is 3.99. The van der Waals surface area contributed by atoms with Gasteiger partial charge in [-0.3, -0.25) is 0 Å². The molecule has 1 saturated heterocycles. The standard InChI is InChI=1S/C24H28ClN3/c1-19-6-9-21(10-7-19)26-23-12-17-28(24-18-20(25)8-11-22(23)24)16-5-15-27-13-3-2-4-14-27/h6-12,17-18H,2-5,13-16H2,1H3. The van der Waals surface area contributed by atoms with Crippen LogP contribution in [0.2, 0.25) is 5.02 Å². The Kier molecular flexibility index (Phi) is 6.13. The van der Waals surface area contributed by atoms with Crippen LogP contribution in [0.1, 0.15) is 31.2 Å². The number of aromatic nitrogens is 1. The minimum absolute atomic E-state index is 0.768. The van der Waals surface area contributed by atoms with Gasteiger partial charge in [0.15, 0.2) is 0 Å². The van der Waals surface area contributed by atoms with Crippen molar-refractivity contribution in [2.24, 2.45) is 4.99 Å². The van der Waals surface area contributed by atoms with Crippen LogP contribution in [0.25, 0.3) is 10.9 Å². The predicted octanol–water partition coefficient (Wildman–Crippen LogP) is 5.71. The summed E-state index contributed by atoms with van der Waals surface area (Å²) in [6.07, 6.45) is 7.39. The topological polar surface area (TPSA) is 20.5 Å². The van der Waals surface area contributed by atoms with Crippen LogP contribution < -0.4 is 5.36 Å². The van der Waals surface area contributed by atoms with Crippen LogP contribution in [0.4, 0.5) is 5.69 Å². The summed E-state index contributed by atoms with van der Waals surface area (Å²) in [4.78, 5) is 7.47. The molecule has 0 spiro atoms. The summed E-state index contributed by atoms with van der Waals surface area (Å²) in [6.45, 7) is 6.77. The van der Waals surface area contributed by atoms with Crippen molar-refractivity contribution in [2.45, 2.75) is 39.2 Å². The number of nitrogens with zero attached hydrogens (tertiary/aromatic N) is 3. The summed E-state index contributed by atoms with van der Waals surface area (Å²) in [5, 5.41) is 2.90. The van der Waals surface area contributed by atoms with E-state index in [1.807, 2.05) is 6.07 Å². The molecule has 1 aromatic heterocycles. The predicted molar refractivity (Wildman–Crippen MR) is 118 cm³/mol. The van der Waals surface area contributed by atoms with Crippen molar-refractivity contribution in [3.05, 3.63) is 70.7 Å². The molecule has 0 atom stereocenters. The number of fused-ring (bicyclic) bond motifs is 1. The quantitative estimate of drug-likeness (QED) is 0.543. The maximum Gasteiger partial charge on any atom is 0.0744 e. The number of pyridine rings is 1. The fraction of sp³-hybridized carbons (Fsp3) is 0.375. The first-order chi connectivity index (χ1) is 13.7. The molecule has 28 heavy (non-hydrogen) atoms. The van der Waals surface area contributed by atoms with Gasteiger partial charge in [0.25, 0.3) is 0 Å². The minimum atomic E-state index is 0.768. The Morgan fingerprint density at radius 2 is 1.71 bits per heavy atom. The van der Waals surface area contributed by atoms with E-state index in [0.717, 1.165) is 39.9 Å². The molecule has 3 aromatic rings. The van der Waals surface area contributed by atoms with Gasteiger partial charge in [-0.15, -0.1) is 0 Å². The summed E-state index contributed by atoms with van der Waals surface area (Å²) < 4.78 is 2.32. The summed E-state index contributed by atoms with van der Waals surface area (Å²) in [5.41, 5.74) is 3.37. The monoisotopic (exact) mass is 393 g/mol. The van der Waals surface area contributed by atoms with Gasteiger partial charge in [-0.25, -0.2) is 4.99 Å². The second kappa shape index (κ2) is 8.93. The lowest BCUT2D eigenvalue weighted by molar-refractivity contribution is 0.223. The van der Waals surface area contributed by atoms with E-state index < -0.39 is 0 Å². The molecule has 4 heteroatoms. The van der Waals surface area contributed by atoms with Crippen molar-refractivity contribution in [3.8, 4) is 0 Å². The van der Waals surface area contributed by atoms with Crippen molar-refractivity contribution in [1.82, 2.24) is 9.47 Å². The zero-order valence-electron chi connectivity index (χ0n) is 16.6. The second-order valence-corrected chi connectivity index (χ2v) is 8.20. The van der Waals surface area contributed by atoms with Crippen molar-refractivity contribution < 1.29 is 0 Å². The van der Waals surface area contributed by atoms with E-state index in [-0.39, 0.29) is 0 Å². The van der Waals surface area contributed by atoms with E-state index in [1.54, 1.807) is 0 Å². The lowest BCUT2D eigenvalue weighted by Crippen LogP contribution is -2.31. The molecule has 146 valence electrons. The van der Waals surface area contributed by atoms with Gasteiger partial charge in [0.2, 0.25) is 0 Å². The van der Waals surface area contributed by atoms with Gasteiger partial charge in [-0.05, 0) is 82.2 Å². The lowest BCUT2D eigenvalue weighted by Gasteiger charge is -2.26. The molecular formula is C24H28ClN3. The highest BCUT2D eigenvalue weighted by Crippen LogP contribution is 2.19. The van der Waals surface area contributed by atoms with Crippen molar-refractivity contribution in [2.75, 3.05) is 19.6 Å². The first-order valence-electron chi connectivity index (χ1n) is 10.3. The number of hydrogen-bond acceptors (Lipinski definition) is 2. The molecule has 0 aliphatic carbocycles. The molecule has 1 fully saturated rings. The van der Waals surface area contributed by atoms with Crippen LogP contribution in [-0.4, -0.2) is 29.1 Å². The number of aryl methyl sites for hydroxylation is 2. The summed E-state index contributed by atoms with van der Waals surface area (Å²) in [6, 6.07) is 16.6. The molecule has 0 bridgehead atoms. The van der Waals surface area contributed by atoms with Crippen LogP contribution in [0.3, 0.4) is 0 Å². The number of hydrogen-bond donors (Lipinski definition) is 0. The van der Waals surface area contributed by atoms with Gasteiger partial charge in [0, 0.05) is 23.2 Å². The van der Waals surface area contributed by atoms with Crippen molar-refractivity contribution in [3.63, 3.8) is 0 Å². The van der Waals surface area contributed by atoms with Crippen LogP contribution in [0.5, 0.6) is 0 Å². The smallest absolute Gasteiger partial charge is 0.0744 e. The van der Waals surface area contributed by atoms with Crippen LogP contribution in [0.15, 0.2) is 59.7 Å². The average molecular weight is 394 g/mol. The molecule has 3 nitrogen and oxygen atoms in total. The highest BCUT2D eigenvalue weighted by molar-refractivity contribution is 6.31. The molecule has 1 aliphatic rings. The molecule has 2 aromatic carbocycles. The van der Waals surface area contributed by atoms with Crippen molar-refractivity contribution >= 4 is 28.2 Å². The van der Waals surface area contributed by atoms with E-state index in [1.165, 1.54) is 44.5 Å². The SMILES string of the molecule is Cc1ccc(N=c2ccn(CCCN3CCCCC3)c3cc(Cl)ccc23)cc1. The second-order valence-electron chi connectivity index (χ2n) is 7.76. The van der Waals surface area contributed by atoms with Gasteiger partial charge >= 0.3 is 0 Å². The Balaban J connectivity index is 1.61. The zero-order chi connectivity index (χ0) is 19.3. The first-order valence-corrected chi connectivity index (χ1v) is 10.7. The number of benzene rings is 2. The van der Waals surface area contributed by atoms with Crippen molar-refractivity contribution in [1.29, 1.82) is 0 Å². The van der Waals surface area contributed by atoms with E-state index in [2.05, 4.69) is 65.1 Å². The van der Waals surface area contributed by atoms with Gasteiger partial charge in [-0.1, -0.05) is 35.7 Å². The number of likely N-dealkylation sites (tertiary alicyclic amines) is 1. The third kappa shape index (κ3) is 4.65. The third-order valence-corrected chi connectivity index (χ3v) is 5.80. The average Bonchev–Trinajstić information content (AvgIpc) is 2.72. The van der Waals surface area contributed by atoms with Crippen LogP contribution >= 0.6 is 11.6 Å². The third-order valence-electron chi connectivity index (χ3n) is 5.56. The first kappa shape index (κ1) is 19.2. The molecule has 0 N–H and O–H groups in total. The largest absolute Gasteiger partial charge is 0.347 e. The molecule has 0 radical (unpaired) electrons. The Morgan fingerprint density at radius 1 is 0.929 bits per heavy atom. The lowest BCUT2D eigenvalue weighted by atomic mass is 10.1. The van der Waals surface area contributed by atoms with Gasteiger partial charge in [0.05, 0.1) is 16.6 Å². The Hall–Kier alpha value is -2.10. The van der Waals surface area contributed by atoms with Crippen LogP contribution in [-0.2, 0) is 6.54 Å². The summed E-state index contributed by atoms with van der Waals surface area (Å²) in [5.74, 6) is 0. The molecule has 0 saturated carbocycles. The summed E-state index contributed by atoms with van der Waals surface area (Å²) >= 11 is 6.32. The minimum Gasteiger partial charge on any atom is -0.347 e. The maximum absolute atomic E-state index is 6.32. The molecule has 0 unspecified atom stereocenters. The van der Waals surface area contributed by atoms with Crippen LogP contribution in [0, 0.1) is 6.92 Å². The number of rotatable bonds is 5. The van der Waals surface area contributed by atoms with E-state index in [4.69, 9.17) is 16.6 Å². The summed E-state index contributed by atoms with van der Waals surface area (Å²) in [7, 11) is 0. The molecule has 2 heterocycles. The highest BCUT2D eigenvalue weighted by Gasteiger charge is 2.10. The zero-order valence-corrected chi connectivity index (χ0v) is 17.3. The normalized spacial score (nSPS) is 16.0. The molecule has 0 amide bonds. The van der Waals surface area contributed by atoms with Gasteiger partial charge < -0.3 is 9.47 Å². The van der Waals surface area contributed by atoms with E-state index in [0.29, 0.717) is 0 Å². The maximum atomic E-state index is 6.32. The van der Waals surface area contributed by atoms with E-state index >= 15 is 0 Å². The highest BCUT2D eigenvalue weighted by atomic mass is 35.5. The molecule has 4 rings (SSSR count). The molecule has 1 aliphatic heterocycles. The Bertz CT molecular complexity index is 999. The number of halogens is 1. The Morgan fingerprint density at radius 3 is 2.50 bits per heavy atom. The fourth-order valence-corrected chi connectivity index (χ4v) is 4.15. The van der Waals surface area contributed by atoms with Gasteiger partial charge in [0.1, 0.15) is 0 Å². The molecular weight excluding hydrogens is 366 g/mol.